The van der Waals surface area contributed by atoms with Crippen LogP contribution in [0.2, 0.25) is 0 Å². The van der Waals surface area contributed by atoms with Gasteiger partial charge in [-0.1, -0.05) is 15.9 Å². The van der Waals surface area contributed by atoms with Crippen molar-refractivity contribution in [2.24, 2.45) is 11.8 Å². The van der Waals surface area contributed by atoms with Crippen LogP contribution in [0.3, 0.4) is 0 Å². The van der Waals surface area contributed by atoms with E-state index in [0.29, 0.717) is 17.9 Å². The first-order valence-corrected chi connectivity index (χ1v) is 11.4. The topological polar surface area (TPSA) is 66.5 Å². The van der Waals surface area contributed by atoms with E-state index >= 15 is 0 Å². The standard InChI is InChI=1S/C24H26BrN5/c1-12-5-18(25)6-13(2)23(12)30-11-14(3)20-22(28-15(4)29-24(20)30)21-17-7-16(9-26)8-19(21)27-10-17/h5-6,11,16-17,19,21,27H,7-8,10H2,1-4H3. The molecule has 1 N–H and O–H groups in total. The van der Waals surface area contributed by atoms with Gasteiger partial charge in [0.15, 0.2) is 0 Å². The minimum Gasteiger partial charge on any atom is -0.313 e. The van der Waals surface area contributed by atoms with Crippen LogP contribution in [0.1, 0.15) is 47.0 Å². The lowest BCUT2D eigenvalue weighted by atomic mass is 9.72. The number of halogens is 1. The average molecular weight is 464 g/mol. The molecular formula is C24H26BrN5. The molecule has 5 rings (SSSR count). The molecule has 5 nitrogen and oxygen atoms in total. The molecule has 0 radical (unpaired) electrons. The van der Waals surface area contributed by atoms with Gasteiger partial charge in [0.25, 0.3) is 0 Å². The minimum atomic E-state index is 0.156. The molecule has 1 aromatic carbocycles. The zero-order chi connectivity index (χ0) is 21.2. The Kier molecular flexibility index (Phi) is 4.72. The first-order valence-electron chi connectivity index (χ1n) is 10.6. The number of hydrogen-bond acceptors (Lipinski definition) is 4. The third-order valence-electron chi connectivity index (χ3n) is 6.88. The van der Waals surface area contributed by atoms with Gasteiger partial charge in [-0.25, -0.2) is 9.97 Å². The third kappa shape index (κ3) is 2.99. The van der Waals surface area contributed by atoms with Gasteiger partial charge in [-0.2, -0.15) is 5.26 Å². The molecule has 6 heteroatoms. The highest BCUT2D eigenvalue weighted by molar-refractivity contribution is 9.10. The number of hydrogen-bond donors (Lipinski definition) is 1. The zero-order valence-electron chi connectivity index (χ0n) is 17.8. The summed E-state index contributed by atoms with van der Waals surface area (Å²) in [6.45, 7) is 9.43. The average Bonchev–Trinajstić information content (AvgIpc) is 3.13. The second-order valence-electron chi connectivity index (χ2n) is 9.02. The van der Waals surface area contributed by atoms with Crippen LogP contribution in [0.25, 0.3) is 16.7 Å². The Balaban J connectivity index is 1.72. The van der Waals surface area contributed by atoms with E-state index in [4.69, 9.17) is 9.97 Å². The second-order valence-corrected chi connectivity index (χ2v) is 9.94. The van der Waals surface area contributed by atoms with Gasteiger partial charge in [-0.05, 0) is 81.8 Å². The number of nitrogens with one attached hydrogen (secondary N) is 1. The smallest absolute Gasteiger partial charge is 0.148 e. The van der Waals surface area contributed by atoms with Crippen molar-refractivity contribution in [3.05, 3.63) is 51.0 Å². The molecule has 1 aliphatic carbocycles. The number of rotatable bonds is 2. The van der Waals surface area contributed by atoms with Crippen LogP contribution in [-0.4, -0.2) is 27.1 Å². The molecule has 1 aliphatic heterocycles. The molecule has 154 valence electrons. The van der Waals surface area contributed by atoms with Gasteiger partial charge in [0, 0.05) is 33.9 Å². The van der Waals surface area contributed by atoms with E-state index in [0.717, 1.165) is 41.0 Å². The summed E-state index contributed by atoms with van der Waals surface area (Å²) in [6, 6.07) is 7.14. The predicted octanol–water partition coefficient (Wildman–Crippen LogP) is 5.02. The molecule has 0 amide bonds. The Morgan fingerprint density at radius 1 is 1.10 bits per heavy atom. The van der Waals surface area contributed by atoms with Crippen LogP contribution < -0.4 is 5.32 Å². The summed E-state index contributed by atoms with van der Waals surface area (Å²) in [5.74, 6) is 1.78. The fourth-order valence-electron chi connectivity index (χ4n) is 5.78. The highest BCUT2D eigenvalue weighted by Gasteiger charge is 2.45. The molecule has 2 aliphatic rings. The second kappa shape index (κ2) is 7.18. The maximum atomic E-state index is 9.46. The molecule has 30 heavy (non-hydrogen) atoms. The summed E-state index contributed by atoms with van der Waals surface area (Å²) < 4.78 is 3.34. The van der Waals surface area contributed by atoms with Crippen molar-refractivity contribution in [3.63, 3.8) is 0 Å². The summed E-state index contributed by atoms with van der Waals surface area (Å²) in [6.07, 6.45) is 4.08. The molecule has 2 aromatic heterocycles. The first kappa shape index (κ1) is 19.7. The van der Waals surface area contributed by atoms with Crippen LogP contribution in [0.15, 0.2) is 22.8 Å². The summed E-state index contributed by atoms with van der Waals surface area (Å²) in [4.78, 5) is 9.89. The van der Waals surface area contributed by atoms with Crippen molar-refractivity contribution in [1.82, 2.24) is 19.9 Å². The van der Waals surface area contributed by atoms with Gasteiger partial charge in [0.05, 0.1) is 17.5 Å². The zero-order valence-corrected chi connectivity index (χ0v) is 19.4. The van der Waals surface area contributed by atoms with Crippen molar-refractivity contribution in [2.45, 2.75) is 52.5 Å². The van der Waals surface area contributed by atoms with Crippen LogP contribution in [0, 0.1) is 50.9 Å². The van der Waals surface area contributed by atoms with Crippen molar-refractivity contribution in [2.75, 3.05) is 6.54 Å². The number of fused-ring (bicyclic) bond motifs is 3. The Labute approximate surface area is 185 Å². The molecule has 3 heterocycles. The lowest BCUT2D eigenvalue weighted by Crippen LogP contribution is -2.32. The van der Waals surface area contributed by atoms with Crippen molar-refractivity contribution >= 4 is 27.0 Å². The fourth-order valence-corrected chi connectivity index (χ4v) is 6.46. The van der Waals surface area contributed by atoms with E-state index in [2.05, 4.69) is 71.0 Å². The fraction of sp³-hybridized carbons (Fsp3) is 0.458. The lowest BCUT2D eigenvalue weighted by Gasteiger charge is -2.31. The van der Waals surface area contributed by atoms with Crippen molar-refractivity contribution in [3.8, 4) is 11.8 Å². The molecule has 2 bridgehead atoms. The number of nitrogens with zero attached hydrogens (tertiary/aromatic N) is 4. The number of aryl methyl sites for hydroxylation is 4. The summed E-state index contributed by atoms with van der Waals surface area (Å²) in [7, 11) is 0. The maximum Gasteiger partial charge on any atom is 0.148 e. The Morgan fingerprint density at radius 2 is 1.83 bits per heavy atom. The number of nitriles is 1. The maximum absolute atomic E-state index is 9.46. The van der Waals surface area contributed by atoms with E-state index in [1.165, 1.54) is 27.8 Å². The van der Waals surface area contributed by atoms with Gasteiger partial charge in [0.1, 0.15) is 11.5 Å². The van der Waals surface area contributed by atoms with Crippen LogP contribution in [0.5, 0.6) is 0 Å². The Bertz CT molecular complexity index is 1170. The Morgan fingerprint density at radius 3 is 2.50 bits per heavy atom. The number of benzene rings is 1. The molecule has 1 saturated carbocycles. The normalized spacial score (nSPS) is 25.6. The number of aromatic nitrogens is 3. The van der Waals surface area contributed by atoms with Crippen molar-refractivity contribution in [1.29, 1.82) is 5.26 Å². The van der Waals surface area contributed by atoms with Crippen molar-refractivity contribution < 1.29 is 0 Å². The van der Waals surface area contributed by atoms with Gasteiger partial charge in [-0.3, -0.25) is 0 Å². The molecule has 1 saturated heterocycles. The van der Waals surface area contributed by atoms with E-state index in [9.17, 15) is 5.26 Å². The Hall–Kier alpha value is -2.23. The van der Waals surface area contributed by atoms with Crippen LogP contribution >= 0.6 is 15.9 Å². The summed E-state index contributed by atoms with van der Waals surface area (Å²) in [5.41, 5.74) is 6.99. The highest BCUT2D eigenvalue weighted by atomic mass is 79.9. The quantitative estimate of drug-likeness (QED) is 0.578. The van der Waals surface area contributed by atoms with E-state index < -0.39 is 0 Å². The molecular weight excluding hydrogens is 438 g/mol. The van der Waals surface area contributed by atoms with Gasteiger partial charge in [0.2, 0.25) is 0 Å². The summed E-state index contributed by atoms with van der Waals surface area (Å²) in [5, 5.41) is 14.3. The van der Waals surface area contributed by atoms with Gasteiger partial charge >= 0.3 is 0 Å². The minimum absolute atomic E-state index is 0.156. The van der Waals surface area contributed by atoms with Gasteiger partial charge < -0.3 is 9.88 Å². The third-order valence-corrected chi connectivity index (χ3v) is 7.34. The monoisotopic (exact) mass is 463 g/mol. The van der Waals surface area contributed by atoms with E-state index in [-0.39, 0.29) is 5.92 Å². The largest absolute Gasteiger partial charge is 0.313 e. The van der Waals surface area contributed by atoms with Crippen LogP contribution in [-0.2, 0) is 0 Å². The highest BCUT2D eigenvalue weighted by Crippen LogP contribution is 2.46. The summed E-state index contributed by atoms with van der Waals surface area (Å²) >= 11 is 3.62. The van der Waals surface area contributed by atoms with Gasteiger partial charge in [-0.15, -0.1) is 0 Å². The van der Waals surface area contributed by atoms with Crippen LogP contribution in [0.4, 0.5) is 0 Å². The molecule has 2 fully saturated rings. The first-order chi connectivity index (χ1) is 14.4. The SMILES string of the molecule is Cc1nc(C2C3CNC2CC(C#N)C3)c2c(C)cn(-c3c(C)cc(Br)cc3C)c2n1. The molecule has 0 spiro atoms. The van der Waals surface area contributed by atoms with E-state index in [1.807, 2.05) is 6.92 Å². The molecule has 3 aromatic rings. The lowest BCUT2D eigenvalue weighted by molar-refractivity contribution is 0.302. The molecule has 4 atom stereocenters. The van der Waals surface area contributed by atoms with E-state index in [1.54, 1.807) is 0 Å². The molecule has 4 unspecified atom stereocenters. The predicted molar refractivity (Wildman–Crippen MR) is 122 cm³/mol.